The van der Waals surface area contributed by atoms with E-state index in [1.54, 1.807) is 12.3 Å². The quantitative estimate of drug-likeness (QED) is 0.460. The number of nitrogens with two attached hydrogens (primary N) is 1. The van der Waals surface area contributed by atoms with E-state index < -0.39 is 0 Å². The summed E-state index contributed by atoms with van der Waals surface area (Å²) >= 11 is 1.47. The summed E-state index contributed by atoms with van der Waals surface area (Å²) in [6.07, 6.45) is 8.10. The third-order valence-corrected chi connectivity index (χ3v) is 3.31. The van der Waals surface area contributed by atoms with Gasteiger partial charge in [-0.1, -0.05) is 12.0 Å². The molecular formula is C12H14N2O2S. The van der Waals surface area contributed by atoms with Crippen LogP contribution in [0.4, 0.5) is 0 Å². The Morgan fingerprint density at radius 2 is 2.35 bits per heavy atom. The standard InChI is InChI=1S/C12H14N2O2S/c1-2-6-14-8-10(3-4-12(14)16)11(5-7-15)17-9-13/h1,3-4,7-8,11H,5-6,9,13H2. The van der Waals surface area contributed by atoms with Crippen molar-refractivity contribution in [3.63, 3.8) is 0 Å². The first kappa shape index (κ1) is 13.6. The monoisotopic (exact) mass is 250 g/mol. The number of thioether (sulfide) groups is 1. The molecule has 17 heavy (non-hydrogen) atoms. The van der Waals surface area contributed by atoms with E-state index in [2.05, 4.69) is 5.92 Å². The topological polar surface area (TPSA) is 65.1 Å². The van der Waals surface area contributed by atoms with Gasteiger partial charge in [0.1, 0.15) is 6.29 Å². The van der Waals surface area contributed by atoms with Crippen LogP contribution in [0.25, 0.3) is 0 Å². The summed E-state index contributed by atoms with van der Waals surface area (Å²) in [5, 5.41) is -0.0258. The van der Waals surface area contributed by atoms with Crippen molar-refractivity contribution < 1.29 is 4.79 Å². The number of rotatable bonds is 6. The highest BCUT2D eigenvalue weighted by Gasteiger charge is 2.12. The van der Waals surface area contributed by atoms with E-state index in [0.29, 0.717) is 12.3 Å². The second kappa shape index (κ2) is 6.94. The van der Waals surface area contributed by atoms with Crippen LogP contribution < -0.4 is 11.3 Å². The Hall–Kier alpha value is -1.51. The molecule has 0 aliphatic carbocycles. The molecular weight excluding hydrogens is 236 g/mol. The van der Waals surface area contributed by atoms with Gasteiger partial charge < -0.3 is 15.1 Å². The van der Waals surface area contributed by atoms with E-state index >= 15 is 0 Å². The Balaban J connectivity index is 3.03. The van der Waals surface area contributed by atoms with Crippen molar-refractivity contribution in [2.45, 2.75) is 18.2 Å². The van der Waals surface area contributed by atoms with Crippen LogP contribution in [0.15, 0.2) is 23.1 Å². The molecule has 90 valence electrons. The normalized spacial score (nSPS) is 11.8. The van der Waals surface area contributed by atoms with Gasteiger partial charge in [-0.15, -0.1) is 18.2 Å². The zero-order valence-corrected chi connectivity index (χ0v) is 10.2. The summed E-state index contributed by atoms with van der Waals surface area (Å²) in [6, 6.07) is 3.17. The molecule has 0 radical (unpaired) electrons. The van der Waals surface area contributed by atoms with Crippen LogP contribution in [-0.2, 0) is 11.3 Å². The van der Waals surface area contributed by atoms with Crippen LogP contribution >= 0.6 is 11.8 Å². The minimum atomic E-state index is -0.144. The van der Waals surface area contributed by atoms with Crippen LogP contribution in [-0.4, -0.2) is 16.7 Å². The number of terminal acetylenes is 1. The third-order valence-electron chi connectivity index (χ3n) is 2.25. The molecule has 1 atom stereocenters. The van der Waals surface area contributed by atoms with E-state index in [9.17, 15) is 9.59 Å². The first-order chi connectivity index (χ1) is 8.22. The van der Waals surface area contributed by atoms with Gasteiger partial charge in [0.15, 0.2) is 0 Å². The summed E-state index contributed by atoms with van der Waals surface area (Å²) < 4.78 is 1.45. The molecule has 0 fully saturated rings. The summed E-state index contributed by atoms with van der Waals surface area (Å²) in [5.41, 5.74) is 6.22. The fourth-order valence-electron chi connectivity index (χ4n) is 1.47. The van der Waals surface area contributed by atoms with E-state index in [1.807, 2.05) is 0 Å². The van der Waals surface area contributed by atoms with Crippen molar-refractivity contribution in [1.82, 2.24) is 4.57 Å². The highest BCUT2D eigenvalue weighted by Crippen LogP contribution is 2.29. The third kappa shape index (κ3) is 3.77. The minimum absolute atomic E-state index is 0.0258. The molecule has 0 saturated heterocycles. The Kier molecular flexibility index (Phi) is 5.53. The SMILES string of the molecule is C#CCn1cc(C(CC=O)SCN)ccc1=O. The number of aldehydes is 1. The van der Waals surface area contributed by atoms with Gasteiger partial charge >= 0.3 is 0 Å². The second-order valence-electron chi connectivity index (χ2n) is 3.36. The number of carbonyl (C=O) groups excluding carboxylic acids is 1. The van der Waals surface area contributed by atoms with Crippen LogP contribution in [0.5, 0.6) is 0 Å². The van der Waals surface area contributed by atoms with Gasteiger partial charge in [-0.2, -0.15) is 0 Å². The van der Waals surface area contributed by atoms with Crippen molar-refractivity contribution in [3.05, 3.63) is 34.2 Å². The average Bonchev–Trinajstić information content (AvgIpc) is 2.32. The fourth-order valence-corrected chi connectivity index (χ4v) is 2.24. The number of pyridine rings is 1. The molecule has 1 rings (SSSR count). The highest BCUT2D eigenvalue weighted by atomic mass is 32.2. The van der Waals surface area contributed by atoms with E-state index in [4.69, 9.17) is 12.2 Å². The van der Waals surface area contributed by atoms with Crippen molar-refractivity contribution in [3.8, 4) is 12.3 Å². The zero-order chi connectivity index (χ0) is 12.7. The minimum Gasteiger partial charge on any atom is -0.322 e. The smallest absolute Gasteiger partial charge is 0.251 e. The summed E-state index contributed by atoms with van der Waals surface area (Å²) in [5.74, 6) is 2.84. The molecule has 5 heteroatoms. The number of nitrogens with zero attached hydrogens (tertiary/aromatic N) is 1. The molecule has 0 aliphatic rings. The highest BCUT2D eigenvalue weighted by molar-refractivity contribution is 7.99. The fraction of sp³-hybridized carbons (Fsp3) is 0.333. The molecule has 0 bridgehead atoms. The predicted molar refractivity (Wildman–Crippen MR) is 69.6 cm³/mol. The molecule has 0 spiro atoms. The Bertz CT molecular complexity index is 476. The Morgan fingerprint density at radius 3 is 2.94 bits per heavy atom. The van der Waals surface area contributed by atoms with Gasteiger partial charge in [0.25, 0.3) is 5.56 Å². The lowest BCUT2D eigenvalue weighted by atomic mass is 10.1. The predicted octanol–water partition coefficient (Wildman–Crippen LogP) is 0.761. The maximum absolute atomic E-state index is 11.5. The molecule has 1 unspecified atom stereocenters. The van der Waals surface area contributed by atoms with Crippen LogP contribution in [0.1, 0.15) is 17.2 Å². The van der Waals surface area contributed by atoms with Gasteiger partial charge in [-0.05, 0) is 5.56 Å². The maximum atomic E-state index is 11.5. The number of hydrogen-bond donors (Lipinski definition) is 1. The molecule has 1 aromatic heterocycles. The summed E-state index contributed by atoms with van der Waals surface area (Å²) in [4.78, 5) is 22.1. The lowest BCUT2D eigenvalue weighted by molar-refractivity contribution is -0.107. The van der Waals surface area contributed by atoms with Gasteiger partial charge in [0, 0.05) is 29.8 Å². The second-order valence-corrected chi connectivity index (χ2v) is 4.59. The van der Waals surface area contributed by atoms with Crippen LogP contribution in [0.2, 0.25) is 0 Å². The van der Waals surface area contributed by atoms with E-state index in [1.165, 1.54) is 22.4 Å². The zero-order valence-electron chi connectivity index (χ0n) is 9.33. The Morgan fingerprint density at radius 1 is 1.59 bits per heavy atom. The molecule has 0 aliphatic heterocycles. The van der Waals surface area contributed by atoms with Crippen molar-refractivity contribution in [2.75, 3.05) is 5.88 Å². The first-order valence-corrected chi connectivity index (χ1v) is 6.17. The largest absolute Gasteiger partial charge is 0.322 e. The first-order valence-electron chi connectivity index (χ1n) is 5.12. The van der Waals surface area contributed by atoms with Crippen molar-refractivity contribution in [2.24, 2.45) is 5.73 Å². The van der Waals surface area contributed by atoms with Crippen molar-refractivity contribution in [1.29, 1.82) is 0 Å². The summed E-state index contributed by atoms with van der Waals surface area (Å²) in [7, 11) is 0. The van der Waals surface area contributed by atoms with Gasteiger partial charge in [0.2, 0.25) is 0 Å². The maximum Gasteiger partial charge on any atom is 0.251 e. The molecule has 2 N–H and O–H groups in total. The van der Waals surface area contributed by atoms with E-state index in [0.717, 1.165) is 11.8 Å². The number of carbonyl (C=O) groups is 1. The average molecular weight is 250 g/mol. The van der Waals surface area contributed by atoms with Crippen molar-refractivity contribution >= 4 is 18.0 Å². The number of aromatic nitrogens is 1. The molecule has 0 amide bonds. The van der Waals surface area contributed by atoms with Gasteiger partial charge in [0.05, 0.1) is 6.54 Å². The molecule has 1 aromatic rings. The lowest BCUT2D eigenvalue weighted by Crippen LogP contribution is -2.19. The summed E-state index contributed by atoms with van der Waals surface area (Å²) in [6.45, 7) is 0.230. The van der Waals surface area contributed by atoms with E-state index in [-0.39, 0.29) is 17.4 Å². The van der Waals surface area contributed by atoms with Gasteiger partial charge in [-0.3, -0.25) is 4.79 Å². The van der Waals surface area contributed by atoms with Crippen LogP contribution in [0, 0.1) is 12.3 Å². The Labute approximate surface area is 104 Å². The molecule has 4 nitrogen and oxygen atoms in total. The van der Waals surface area contributed by atoms with Gasteiger partial charge in [-0.25, -0.2) is 0 Å². The molecule has 0 aromatic carbocycles. The number of hydrogen-bond acceptors (Lipinski definition) is 4. The molecule has 1 heterocycles. The lowest BCUT2D eigenvalue weighted by Gasteiger charge is -2.14. The van der Waals surface area contributed by atoms with Crippen LogP contribution in [0.3, 0.4) is 0 Å². The molecule has 0 saturated carbocycles.